The SMILES string of the molecule is CCCCCCc1ccc(-c2c3ccc4c2C(=C(CCC)[CH]4)[Si]3(C)C)cc1. The highest BCUT2D eigenvalue weighted by atomic mass is 28.3. The largest absolute Gasteiger partial charge is 0.113 e. The summed E-state index contributed by atoms with van der Waals surface area (Å²) in [7, 11) is -1.56. The second-order valence-corrected chi connectivity index (χ2v) is 13.2. The van der Waals surface area contributed by atoms with Gasteiger partial charge in [-0.1, -0.05) is 94.6 Å². The molecule has 2 aliphatic rings. The van der Waals surface area contributed by atoms with Crippen molar-refractivity contribution in [2.45, 2.75) is 71.9 Å². The number of aryl methyl sites for hydroxylation is 1. The van der Waals surface area contributed by atoms with E-state index in [0.29, 0.717) is 0 Å². The Bertz CT molecular complexity index is 868. The lowest BCUT2D eigenvalue weighted by molar-refractivity contribution is 0.667. The van der Waals surface area contributed by atoms with Crippen molar-refractivity contribution in [3.63, 3.8) is 0 Å². The Morgan fingerprint density at radius 1 is 0.741 bits per heavy atom. The van der Waals surface area contributed by atoms with Crippen LogP contribution >= 0.6 is 0 Å². The van der Waals surface area contributed by atoms with E-state index in [2.05, 4.69) is 69.8 Å². The zero-order chi connectivity index (χ0) is 19.0. The summed E-state index contributed by atoms with van der Waals surface area (Å²) in [4.78, 5) is 0. The van der Waals surface area contributed by atoms with Crippen LogP contribution in [0.4, 0.5) is 0 Å². The molecule has 0 nitrogen and oxygen atoms in total. The van der Waals surface area contributed by atoms with E-state index in [9.17, 15) is 0 Å². The van der Waals surface area contributed by atoms with E-state index in [0.717, 1.165) is 0 Å². The smallest absolute Gasteiger partial charge is 0.0654 e. The van der Waals surface area contributed by atoms with Crippen molar-refractivity contribution >= 4 is 18.5 Å². The average molecular weight is 374 g/mol. The van der Waals surface area contributed by atoms with Crippen molar-refractivity contribution in [2.75, 3.05) is 0 Å². The maximum Gasteiger partial charge on any atom is 0.113 e. The Morgan fingerprint density at radius 2 is 1.52 bits per heavy atom. The van der Waals surface area contributed by atoms with Crippen LogP contribution in [0.15, 0.2) is 42.0 Å². The fourth-order valence-corrected chi connectivity index (χ4v) is 8.72. The number of allylic oxidation sites excluding steroid dienone is 1. The second kappa shape index (κ2) is 7.43. The molecular weight excluding hydrogens is 340 g/mol. The molecule has 0 fully saturated rings. The van der Waals surface area contributed by atoms with Crippen LogP contribution < -0.4 is 5.19 Å². The molecule has 1 aliphatic carbocycles. The summed E-state index contributed by atoms with van der Waals surface area (Å²) in [6, 6.07) is 14.3. The first-order valence-electron chi connectivity index (χ1n) is 10.9. The number of benzene rings is 2. The molecule has 0 saturated heterocycles. The van der Waals surface area contributed by atoms with Gasteiger partial charge >= 0.3 is 0 Å². The summed E-state index contributed by atoms with van der Waals surface area (Å²) < 4.78 is 0. The minimum absolute atomic E-state index is 1.22. The molecule has 0 atom stereocenters. The summed E-state index contributed by atoms with van der Waals surface area (Å²) in [5.41, 5.74) is 9.16. The highest BCUT2D eigenvalue weighted by Gasteiger charge is 2.45. The molecule has 0 N–H and O–H groups in total. The summed E-state index contributed by atoms with van der Waals surface area (Å²) in [6.45, 7) is 9.69. The lowest BCUT2D eigenvalue weighted by Crippen LogP contribution is -2.39. The standard InChI is InChI=1S/C26H33Si/c1-5-7-8-9-11-19-12-14-20(15-13-19)24-23-17-16-21-18-22(10-6-2)26(25(21)24)27(23,3)4/h12-18H,5-11H2,1-4H3. The van der Waals surface area contributed by atoms with Crippen molar-refractivity contribution < 1.29 is 0 Å². The summed E-state index contributed by atoms with van der Waals surface area (Å²) in [5, 5.41) is 3.38. The molecular formula is C26H33Si. The highest BCUT2D eigenvalue weighted by molar-refractivity contribution is 7.07. The summed E-state index contributed by atoms with van der Waals surface area (Å²) in [5.74, 6) is 0. The highest BCUT2D eigenvalue weighted by Crippen LogP contribution is 2.50. The number of rotatable bonds is 8. The predicted molar refractivity (Wildman–Crippen MR) is 122 cm³/mol. The van der Waals surface area contributed by atoms with Crippen molar-refractivity contribution in [1.29, 1.82) is 0 Å². The van der Waals surface area contributed by atoms with Crippen LogP contribution in [0, 0.1) is 6.42 Å². The van der Waals surface area contributed by atoms with Gasteiger partial charge in [0.1, 0.15) is 8.07 Å². The van der Waals surface area contributed by atoms with Gasteiger partial charge in [0.15, 0.2) is 0 Å². The Kier molecular flexibility index (Phi) is 5.16. The van der Waals surface area contributed by atoms with Crippen LogP contribution in [0.3, 0.4) is 0 Å². The molecule has 1 radical (unpaired) electrons. The first-order chi connectivity index (χ1) is 13.1. The molecule has 0 amide bonds. The summed E-state index contributed by atoms with van der Waals surface area (Å²) >= 11 is 0. The molecule has 141 valence electrons. The maximum atomic E-state index is 2.55. The van der Waals surface area contributed by atoms with Gasteiger partial charge in [-0.15, -0.1) is 0 Å². The third-order valence-electron chi connectivity index (χ3n) is 6.52. The van der Waals surface area contributed by atoms with E-state index in [-0.39, 0.29) is 0 Å². The minimum atomic E-state index is -1.56. The number of hydrogen-bond donors (Lipinski definition) is 0. The van der Waals surface area contributed by atoms with Gasteiger partial charge in [-0.25, -0.2) is 0 Å². The fraction of sp³-hybridized carbons (Fsp3) is 0.423. The van der Waals surface area contributed by atoms with Gasteiger partial charge in [0.05, 0.1) is 0 Å². The van der Waals surface area contributed by atoms with Gasteiger partial charge in [0.25, 0.3) is 0 Å². The molecule has 4 rings (SSSR count). The lowest BCUT2D eigenvalue weighted by Gasteiger charge is -2.21. The number of unbranched alkanes of at least 4 members (excludes halogenated alkanes) is 3. The monoisotopic (exact) mass is 373 g/mol. The molecule has 0 saturated carbocycles. The fourth-order valence-electron chi connectivity index (χ4n) is 5.16. The number of hydrogen-bond acceptors (Lipinski definition) is 0. The van der Waals surface area contributed by atoms with E-state index in [1.807, 2.05) is 0 Å². The Morgan fingerprint density at radius 3 is 2.22 bits per heavy atom. The van der Waals surface area contributed by atoms with Gasteiger partial charge < -0.3 is 0 Å². The van der Waals surface area contributed by atoms with Gasteiger partial charge in [0, 0.05) is 6.42 Å². The minimum Gasteiger partial charge on any atom is -0.0654 e. The van der Waals surface area contributed by atoms with Gasteiger partial charge in [0.2, 0.25) is 0 Å². The van der Waals surface area contributed by atoms with Crippen LogP contribution in [-0.2, 0) is 6.42 Å². The molecule has 2 bridgehead atoms. The Hall–Kier alpha value is -1.60. The van der Waals surface area contributed by atoms with Crippen molar-refractivity contribution in [2.24, 2.45) is 0 Å². The molecule has 1 heteroatoms. The predicted octanol–water partition coefficient (Wildman–Crippen LogP) is 7.06. The lowest BCUT2D eigenvalue weighted by atomic mass is 9.95. The average Bonchev–Trinajstić information content (AvgIpc) is 3.11. The van der Waals surface area contributed by atoms with Gasteiger partial charge in [-0.05, 0) is 57.5 Å². The van der Waals surface area contributed by atoms with Crippen LogP contribution in [0.25, 0.3) is 16.3 Å². The third kappa shape index (κ3) is 3.14. The van der Waals surface area contributed by atoms with Crippen molar-refractivity contribution in [3.8, 4) is 11.1 Å². The second-order valence-electron chi connectivity index (χ2n) is 8.88. The quantitative estimate of drug-likeness (QED) is 0.343. The molecule has 1 heterocycles. The molecule has 27 heavy (non-hydrogen) atoms. The van der Waals surface area contributed by atoms with E-state index in [1.165, 1.54) is 61.6 Å². The Balaban J connectivity index is 1.67. The normalized spacial score (nSPS) is 16.4. The van der Waals surface area contributed by atoms with Crippen LogP contribution in [0.1, 0.15) is 69.1 Å². The number of fused-ring (bicyclic) bond motifs is 1. The Labute approximate surface area is 166 Å². The zero-order valence-electron chi connectivity index (χ0n) is 17.5. The molecule has 2 aromatic carbocycles. The van der Waals surface area contributed by atoms with E-state index >= 15 is 0 Å². The van der Waals surface area contributed by atoms with Crippen molar-refractivity contribution in [3.05, 3.63) is 65.1 Å². The maximum absolute atomic E-state index is 2.55. The first-order valence-corrected chi connectivity index (χ1v) is 13.9. The van der Waals surface area contributed by atoms with Gasteiger partial charge in [-0.2, -0.15) is 0 Å². The topological polar surface area (TPSA) is 0 Å². The summed E-state index contributed by atoms with van der Waals surface area (Å²) in [6.07, 6.45) is 11.5. The molecule has 0 aromatic heterocycles. The third-order valence-corrected chi connectivity index (χ3v) is 10.1. The molecule has 0 spiro atoms. The van der Waals surface area contributed by atoms with Crippen molar-refractivity contribution in [1.82, 2.24) is 0 Å². The molecule has 2 aromatic rings. The van der Waals surface area contributed by atoms with Crippen LogP contribution in [0.2, 0.25) is 13.1 Å². The van der Waals surface area contributed by atoms with Crippen LogP contribution in [-0.4, -0.2) is 8.07 Å². The molecule has 0 unspecified atom stereocenters. The van der Waals surface area contributed by atoms with Gasteiger partial charge in [-0.3, -0.25) is 0 Å². The molecule has 1 aliphatic heterocycles. The van der Waals surface area contributed by atoms with E-state index < -0.39 is 8.07 Å². The van der Waals surface area contributed by atoms with Crippen LogP contribution in [0.5, 0.6) is 0 Å². The zero-order valence-corrected chi connectivity index (χ0v) is 18.5. The van der Waals surface area contributed by atoms with E-state index in [4.69, 9.17) is 0 Å². The van der Waals surface area contributed by atoms with E-state index in [1.54, 1.807) is 27.1 Å². The first kappa shape index (κ1) is 18.7.